The number of nitrogen functional groups attached to an aromatic ring is 1. The maximum atomic E-state index is 9.41. The first-order valence-electron chi connectivity index (χ1n) is 8.45. The molecule has 7 heteroatoms. The van der Waals surface area contributed by atoms with Crippen LogP contribution in [0.5, 0.6) is 0 Å². The van der Waals surface area contributed by atoms with Gasteiger partial charge in [0.25, 0.3) is 0 Å². The van der Waals surface area contributed by atoms with Crippen LogP contribution in [0.4, 0.5) is 5.82 Å². The Balaban J connectivity index is 2.05. The van der Waals surface area contributed by atoms with E-state index in [1.807, 2.05) is 31.2 Å². The predicted octanol–water partition coefficient (Wildman–Crippen LogP) is 1.88. The molecule has 0 bridgehead atoms. The zero-order valence-corrected chi connectivity index (χ0v) is 14.8. The molecule has 0 fully saturated rings. The van der Waals surface area contributed by atoms with Crippen LogP contribution in [-0.4, -0.2) is 28.8 Å². The Morgan fingerprint density at radius 3 is 2.72 bits per heavy atom. The summed E-state index contributed by atoms with van der Waals surface area (Å²) in [6.07, 6.45) is 2.38. The summed E-state index contributed by atoms with van der Waals surface area (Å²) in [4.78, 5) is 4.18. The van der Waals surface area contributed by atoms with E-state index in [2.05, 4.69) is 28.4 Å². The van der Waals surface area contributed by atoms with Gasteiger partial charge >= 0.3 is 0 Å². The largest absolute Gasteiger partial charge is 0.382 e. The number of anilines is 1. The topological polar surface area (TPSA) is 118 Å². The quantitative estimate of drug-likeness (QED) is 0.404. The monoisotopic (exact) mass is 339 g/mol. The van der Waals surface area contributed by atoms with Crippen LogP contribution in [0, 0.1) is 18.3 Å². The smallest absolute Gasteiger partial charge is 0.188 e. The summed E-state index contributed by atoms with van der Waals surface area (Å²) >= 11 is 0. The Bertz CT molecular complexity index is 766. The molecule has 5 N–H and O–H groups in total. The maximum absolute atomic E-state index is 9.41. The van der Waals surface area contributed by atoms with E-state index >= 15 is 0 Å². The van der Waals surface area contributed by atoms with Crippen LogP contribution in [0.15, 0.2) is 29.3 Å². The molecular formula is C18H25N7. The Kier molecular flexibility index (Phi) is 6.40. The van der Waals surface area contributed by atoms with Crippen molar-refractivity contribution in [1.29, 1.82) is 5.26 Å². The van der Waals surface area contributed by atoms with Crippen LogP contribution in [0.1, 0.15) is 36.6 Å². The highest BCUT2D eigenvalue weighted by Crippen LogP contribution is 2.21. The number of benzene rings is 1. The number of nitriles is 1. The maximum Gasteiger partial charge on any atom is 0.188 e. The third kappa shape index (κ3) is 4.73. The fourth-order valence-corrected chi connectivity index (χ4v) is 2.42. The van der Waals surface area contributed by atoms with Crippen LogP contribution in [0.3, 0.4) is 0 Å². The fourth-order valence-electron chi connectivity index (χ4n) is 2.42. The summed E-state index contributed by atoms with van der Waals surface area (Å²) < 4.78 is 1.62. The predicted molar refractivity (Wildman–Crippen MR) is 101 cm³/mol. The van der Waals surface area contributed by atoms with E-state index in [4.69, 9.17) is 11.5 Å². The molecule has 0 spiro atoms. The summed E-state index contributed by atoms with van der Waals surface area (Å²) in [7, 11) is 0. The molecule has 0 saturated carbocycles. The van der Waals surface area contributed by atoms with Gasteiger partial charge in [-0.2, -0.15) is 10.4 Å². The summed E-state index contributed by atoms with van der Waals surface area (Å²) in [5, 5.41) is 17.0. The van der Waals surface area contributed by atoms with Crippen molar-refractivity contribution >= 4 is 11.8 Å². The molecule has 0 radical (unpaired) electrons. The molecule has 0 aliphatic carbocycles. The highest BCUT2D eigenvalue weighted by Gasteiger charge is 2.16. The normalized spacial score (nSPS) is 11.3. The third-order valence-electron chi connectivity index (χ3n) is 3.79. The number of nitrogens with two attached hydrogens (primary N) is 2. The average molecular weight is 339 g/mol. The molecule has 7 nitrogen and oxygen atoms in total. The number of rotatable bonds is 7. The highest BCUT2D eigenvalue weighted by molar-refractivity contribution is 5.77. The molecule has 0 unspecified atom stereocenters. The Hall–Kier alpha value is -3.01. The molecule has 2 rings (SSSR count). The molecule has 25 heavy (non-hydrogen) atoms. The van der Waals surface area contributed by atoms with E-state index in [-0.39, 0.29) is 0 Å². The van der Waals surface area contributed by atoms with Crippen LogP contribution < -0.4 is 16.8 Å². The van der Waals surface area contributed by atoms with Gasteiger partial charge in [-0.05, 0) is 38.3 Å². The molecular weight excluding hydrogens is 314 g/mol. The first-order valence-corrected chi connectivity index (χ1v) is 8.45. The van der Waals surface area contributed by atoms with E-state index < -0.39 is 0 Å². The van der Waals surface area contributed by atoms with Crippen LogP contribution in [-0.2, 0) is 6.42 Å². The summed E-state index contributed by atoms with van der Waals surface area (Å²) in [6.45, 7) is 5.45. The first kappa shape index (κ1) is 18.3. The van der Waals surface area contributed by atoms with Crippen molar-refractivity contribution in [3.63, 3.8) is 0 Å². The SMILES string of the molecule is CCCN=C(N)NCCCc1nn(-c2ccc(C)cc2)c(N)c1C#N. The third-order valence-corrected chi connectivity index (χ3v) is 3.79. The molecule has 1 aromatic carbocycles. The van der Waals surface area contributed by atoms with Crippen LogP contribution >= 0.6 is 0 Å². The minimum atomic E-state index is 0.373. The average Bonchev–Trinajstić information content (AvgIpc) is 2.93. The van der Waals surface area contributed by atoms with E-state index in [1.54, 1.807) is 4.68 Å². The zero-order valence-electron chi connectivity index (χ0n) is 14.8. The number of hydrogen-bond acceptors (Lipinski definition) is 4. The minimum Gasteiger partial charge on any atom is -0.382 e. The first-order chi connectivity index (χ1) is 12.1. The second-order valence-corrected chi connectivity index (χ2v) is 5.86. The minimum absolute atomic E-state index is 0.373. The van der Waals surface area contributed by atoms with E-state index in [9.17, 15) is 5.26 Å². The molecule has 2 aromatic rings. The van der Waals surface area contributed by atoms with E-state index in [1.165, 1.54) is 0 Å². The Morgan fingerprint density at radius 1 is 1.36 bits per heavy atom. The lowest BCUT2D eigenvalue weighted by molar-refractivity contribution is 0.736. The van der Waals surface area contributed by atoms with Crippen molar-refractivity contribution in [1.82, 2.24) is 15.1 Å². The lowest BCUT2D eigenvalue weighted by atomic mass is 10.1. The standard InChI is InChI=1S/C18H25N7/c1-3-10-22-18(21)23-11-4-5-16-15(12-19)17(20)25(24-16)14-8-6-13(2)7-9-14/h6-9H,3-5,10-11,20H2,1-2H3,(H3,21,22,23). The van der Waals surface area contributed by atoms with Gasteiger partial charge in [-0.25, -0.2) is 4.68 Å². The summed E-state index contributed by atoms with van der Waals surface area (Å²) in [5.74, 6) is 0.824. The second-order valence-electron chi connectivity index (χ2n) is 5.86. The number of nitrogens with zero attached hydrogens (tertiary/aromatic N) is 4. The summed E-state index contributed by atoms with van der Waals surface area (Å²) in [6, 6.07) is 10.0. The Labute approximate surface area is 148 Å². The number of aryl methyl sites for hydroxylation is 2. The van der Waals surface area contributed by atoms with Gasteiger partial charge < -0.3 is 16.8 Å². The zero-order chi connectivity index (χ0) is 18.2. The van der Waals surface area contributed by atoms with Crippen molar-refractivity contribution in [2.45, 2.75) is 33.1 Å². The number of aromatic nitrogens is 2. The molecule has 1 heterocycles. The van der Waals surface area contributed by atoms with Gasteiger partial charge in [-0.3, -0.25) is 4.99 Å². The molecule has 0 amide bonds. The van der Waals surface area contributed by atoms with Crippen molar-refractivity contribution in [3.8, 4) is 11.8 Å². The van der Waals surface area contributed by atoms with Gasteiger partial charge in [-0.1, -0.05) is 24.6 Å². The fraction of sp³-hybridized carbons (Fsp3) is 0.389. The second kappa shape index (κ2) is 8.73. The molecule has 0 aliphatic heterocycles. The number of hydrogen-bond donors (Lipinski definition) is 3. The van der Waals surface area contributed by atoms with Gasteiger partial charge in [-0.15, -0.1) is 0 Å². The van der Waals surface area contributed by atoms with Crippen molar-refractivity contribution in [2.24, 2.45) is 10.7 Å². The van der Waals surface area contributed by atoms with Crippen molar-refractivity contribution in [3.05, 3.63) is 41.1 Å². The molecule has 1 aromatic heterocycles. The van der Waals surface area contributed by atoms with Crippen molar-refractivity contribution in [2.75, 3.05) is 18.8 Å². The van der Waals surface area contributed by atoms with Gasteiger partial charge in [0, 0.05) is 13.1 Å². The lowest BCUT2D eigenvalue weighted by Gasteiger charge is -2.04. The van der Waals surface area contributed by atoms with Crippen LogP contribution in [0.2, 0.25) is 0 Å². The highest BCUT2D eigenvalue weighted by atomic mass is 15.3. The summed E-state index contributed by atoms with van der Waals surface area (Å²) in [5.41, 5.74) is 15.0. The van der Waals surface area contributed by atoms with Gasteiger partial charge in [0.1, 0.15) is 17.5 Å². The van der Waals surface area contributed by atoms with Gasteiger partial charge in [0.2, 0.25) is 0 Å². The van der Waals surface area contributed by atoms with E-state index in [0.29, 0.717) is 36.0 Å². The molecule has 0 atom stereocenters. The van der Waals surface area contributed by atoms with Crippen LogP contribution in [0.25, 0.3) is 5.69 Å². The lowest BCUT2D eigenvalue weighted by Crippen LogP contribution is -2.32. The molecule has 0 aliphatic rings. The number of aliphatic imine (C=N–C) groups is 1. The van der Waals surface area contributed by atoms with Gasteiger partial charge in [0.05, 0.1) is 11.4 Å². The number of nitrogens with one attached hydrogen (secondary N) is 1. The molecule has 0 saturated heterocycles. The van der Waals surface area contributed by atoms with E-state index in [0.717, 1.165) is 30.6 Å². The van der Waals surface area contributed by atoms with Gasteiger partial charge in [0.15, 0.2) is 5.96 Å². The Morgan fingerprint density at radius 2 is 2.08 bits per heavy atom. The van der Waals surface area contributed by atoms with Crippen molar-refractivity contribution < 1.29 is 0 Å². The number of guanidine groups is 1. The molecule has 132 valence electrons.